The van der Waals surface area contributed by atoms with Crippen LogP contribution >= 0.6 is 0 Å². The fourth-order valence-electron chi connectivity index (χ4n) is 2.46. The summed E-state index contributed by atoms with van der Waals surface area (Å²) in [5.41, 5.74) is 6.11. The summed E-state index contributed by atoms with van der Waals surface area (Å²) < 4.78 is 6.65. The van der Waals surface area contributed by atoms with Crippen molar-refractivity contribution in [1.82, 2.24) is 9.88 Å². The first-order valence-electron chi connectivity index (χ1n) is 7.39. The maximum Gasteiger partial charge on any atom is 0.255 e. The van der Waals surface area contributed by atoms with Gasteiger partial charge in [0.15, 0.2) is 0 Å². The molecule has 2 atom stereocenters. The number of aromatic nitrogens is 1. The molecule has 3 rings (SSSR count). The van der Waals surface area contributed by atoms with Crippen molar-refractivity contribution in [2.45, 2.75) is 12.1 Å². The summed E-state index contributed by atoms with van der Waals surface area (Å²) in [6.45, 7) is 0.205. The second-order valence-corrected chi connectivity index (χ2v) is 5.38. The number of hydrogen-bond acceptors (Lipinski definition) is 4. The van der Waals surface area contributed by atoms with E-state index >= 15 is 0 Å². The van der Waals surface area contributed by atoms with E-state index in [0.29, 0.717) is 11.3 Å². The van der Waals surface area contributed by atoms with Crippen molar-refractivity contribution in [3.63, 3.8) is 0 Å². The smallest absolute Gasteiger partial charge is 0.255 e. The fraction of sp³-hybridized carbons (Fsp3) is 0.176. The van der Waals surface area contributed by atoms with Gasteiger partial charge in [0.1, 0.15) is 6.10 Å². The Kier molecular flexibility index (Phi) is 4.43. The Balaban J connectivity index is 1.68. The predicted octanol–water partition coefficient (Wildman–Crippen LogP) is 0.0243. The minimum Gasteiger partial charge on any atom is -0.367 e. The Morgan fingerprint density at radius 2 is 1.92 bits per heavy atom. The van der Waals surface area contributed by atoms with E-state index in [1.54, 1.807) is 49.0 Å². The molecule has 1 saturated heterocycles. The maximum absolute atomic E-state index is 12.2. The molecule has 24 heavy (non-hydrogen) atoms. The molecule has 2 heterocycles. The van der Waals surface area contributed by atoms with E-state index in [-0.39, 0.29) is 24.1 Å². The highest BCUT2D eigenvalue weighted by molar-refractivity contribution is 5.94. The zero-order valence-corrected chi connectivity index (χ0v) is 12.7. The second kappa shape index (κ2) is 6.67. The SMILES string of the molecule is NC(=O)C1[CH]C(NC(=O)c2ccc(-n3ccccc3=O)cc2)CO1. The topological polar surface area (TPSA) is 103 Å². The number of carbonyl (C=O) groups is 2. The van der Waals surface area contributed by atoms with Crippen LogP contribution in [0.1, 0.15) is 10.4 Å². The van der Waals surface area contributed by atoms with E-state index in [9.17, 15) is 14.4 Å². The van der Waals surface area contributed by atoms with Crippen molar-refractivity contribution in [2.24, 2.45) is 5.73 Å². The van der Waals surface area contributed by atoms with Gasteiger partial charge in [-0.15, -0.1) is 0 Å². The predicted molar refractivity (Wildman–Crippen MR) is 86.5 cm³/mol. The largest absolute Gasteiger partial charge is 0.367 e. The van der Waals surface area contributed by atoms with Gasteiger partial charge >= 0.3 is 0 Å². The number of pyridine rings is 1. The van der Waals surface area contributed by atoms with Crippen LogP contribution in [-0.2, 0) is 9.53 Å². The van der Waals surface area contributed by atoms with Crippen molar-refractivity contribution >= 4 is 11.8 Å². The molecule has 3 N–H and O–H groups in total. The summed E-state index contributed by atoms with van der Waals surface area (Å²) in [5, 5.41) is 2.75. The minimum absolute atomic E-state index is 0.148. The number of rotatable bonds is 4. The van der Waals surface area contributed by atoms with Gasteiger partial charge in [-0.05, 0) is 30.3 Å². The van der Waals surface area contributed by atoms with E-state index in [0.717, 1.165) is 0 Å². The number of amides is 2. The Morgan fingerprint density at radius 3 is 2.54 bits per heavy atom. The highest BCUT2D eigenvalue weighted by atomic mass is 16.5. The Labute approximate surface area is 138 Å². The zero-order valence-electron chi connectivity index (χ0n) is 12.7. The molecule has 1 aromatic heterocycles. The molecular formula is C17H16N3O4. The molecule has 1 radical (unpaired) electrons. The quantitative estimate of drug-likeness (QED) is 0.827. The molecule has 123 valence electrons. The lowest BCUT2D eigenvalue weighted by atomic mass is 10.1. The van der Waals surface area contributed by atoms with Crippen LogP contribution in [-0.4, -0.2) is 35.1 Å². The van der Waals surface area contributed by atoms with Gasteiger partial charge in [-0.1, -0.05) is 6.07 Å². The first kappa shape index (κ1) is 15.9. The summed E-state index contributed by atoms with van der Waals surface area (Å²) in [6, 6.07) is 11.2. The normalized spacial score (nSPS) is 19.8. The number of primary amides is 1. The fourth-order valence-corrected chi connectivity index (χ4v) is 2.46. The third kappa shape index (κ3) is 3.36. The van der Waals surface area contributed by atoms with Crippen LogP contribution in [0.15, 0.2) is 53.5 Å². The van der Waals surface area contributed by atoms with E-state index in [2.05, 4.69) is 5.32 Å². The Bertz CT molecular complexity index is 813. The molecule has 0 bridgehead atoms. The summed E-state index contributed by atoms with van der Waals surface area (Å²) in [7, 11) is 0. The molecular weight excluding hydrogens is 310 g/mol. The number of nitrogens with two attached hydrogens (primary N) is 1. The lowest BCUT2D eigenvalue weighted by molar-refractivity contribution is -0.125. The van der Waals surface area contributed by atoms with Crippen LogP contribution in [0, 0.1) is 6.42 Å². The van der Waals surface area contributed by atoms with Crippen LogP contribution in [0.5, 0.6) is 0 Å². The number of nitrogens with zero attached hydrogens (tertiary/aromatic N) is 1. The lowest BCUT2D eigenvalue weighted by Gasteiger charge is -2.11. The average Bonchev–Trinajstić information content (AvgIpc) is 3.04. The Hall–Kier alpha value is -2.93. The Morgan fingerprint density at radius 1 is 1.17 bits per heavy atom. The molecule has 1 aromatic carbocycles. The zero-order chi connectivity index (χ0) is 17.1. The summed E-state index contributed by atoms with van der Waals surface area (Å²) >= 11 is 0. The molecule has 0 spiro atoms. The van der Waals surface area contributed by atoms with Crippen LogP contribution < -0.4 is 16.6 Å². The monoisotopic (exact) mass is 326 g/mol. The average molecular weight is 326 g/mol. The first-order chi connectivity index (χ1) is 11.5. The molecule has 7 nitrogen and oxygen atoms in total. The van der Waals surface area contributed by atoms with Gasteiger partial charge in [0.05, 0.1) is 12.6 Å². The van der Waals surface area contributed by atoms with E-state index in [1.807, 2.05) is 0 Å². The van der Waals surface area contributed by atoms with Gasteiger partial charge in [-0.2, -0.15) is 0 Å². The second-order valence-electron chi connectivity index (χ2n) is 5.38. The van der Waals surface area contributed by atoms with Crippen LogP contribution in [0.2, 0.25) is 0 Å². The highest BCUT2D eigenvalue weighted by Crippen LogP contribution is 2.13. The summed E-state index contributed by atoms with van der Waals surface area (Å²) in [4.78, 5) is 35.0. The summed E-state index contributed by atoms with van der Waals surface area (Å²) in [5.74, 6) is -0.874. The van der Waals surface area contributed by atoms with Crippen molar-refractivity contribution in [1.29, 1.82) is 0 Å². The third-order valence-corrected chi connectivity index (χ3v) is 3.69. The highest BCUT2D eigenvalue weighted by Gasteiger charge is 2.30. The van der Waals surface area contributed by atoms with Gasteiger partial charge < -0.3 is 15.8 Å². The van der Waals surface area contributed by atoms with Gasteiger partial charge in [-0.3, -0.25) is 19.0 Å². The van der Waals surface area contributed by atoms with Crippen molar-refractivity contribution < 1.29 is 14.3 Å². The molecule has 2 unspecified atom stereocenters. The lowest BCUT2D eigenvalue weighted by Crippen LogP contribution is -2.36. The van der Waals surface area contributed by atoms with Crippen LogP contribution in [0.25, 0.3) is 5.69 Å². The number of carbonyl (C=O) groups excluding carboxylic acids is 2. The van der Waals surface area contributed by atoms with E-state index in [1.165, 1.54) is 10.6 Å². The molecule has 2 aromatic rings. The molecule has 1 fully saturated rings. The van der Waals surface area contributed by atoms with Gasteiger partial charge in [-0.25, -0.2) is 0 Å². The van der Waals surface area contributed by atoms with E-state index < -0.39 is 12.0 Å². The van der Waals surface area contributed by atoms with Gasteiger partial charge in [0.2, 0.25) is 5.91 Å². The van der Waals surface area contributed by atoms with Crippen molar-refractivity contribution in [3.05, 3.63) is 71.0 Å². The maximum atomic E-state index is 12.2. The molecule has 1 aliphatic rings. The number of benzene rings is 1. The standard InChI is InChI=1S/C17H16N3O4/c18-16(22)14-9-12(10-24-14)19-17(23)11-4-6-13(7-5-11)20-8-2-1-3-15(20)21/h1-9,12,14H,10H2,(H2,18,22)(H,19,23). The first-order valence-corrected chi connectivity index (χ1v) is 7.39. The molecule has 0 saturated carbocycles. The molecule has 1 aliphatic heterocycles. The van der Waals surface area contributed by atoms with Gasteiger partial charge in [0, 0.05) is 29.9 Å². The van der Waals surface area contributed by atoms with Gasteiger partial charge in [0.25, 0.3) is 11.5 Å². The van der Waals surface area contributed by atoms with Crippen LogP contribution in [0.3, 0.4) is 0 Å². The van der Waals surface area contributed by atoms with Crippen LogP contribution in [0.4, 0.5) is 0 Å². The number of hydrogen-bond donors (Lipinski definition) is 2. The van der Waals surface area contributed by atoms with E-state index in [4.69, 9.17) is 10.5 Å². The molecule has 0 aliphatic carbocycles. The molecule has 2 amide bonds. The summed E-state index contributed by atoms with van der Waals surface area (Å²) in [6.07, 6.45) is 2.45. The third-order valence-electron chi connectivity index (χ3n) is 3.69. The number of nitrogens with one attached hydrogen (secondary N) is 1. The molecule has 7 heteroatoms. The number of ether oxygens (including phenoxy) is 1. The van der Waals surface area contributed by atoms with Crippen molar-refractivity contribution in [2.75, 3.05) is 6.61 Å². The minimum atomic E-state index is -0.775. The van der Waals surface area contributed by atoms with Crippen molar-refractivity contribution in [3.8, 4) is 5.69 Å².